The quantitative estimate of drug-likeness (QED) is 0.513. The molecular formula is C24H27F2N5O3. The Morgan fingerprint density at radius 1 is 1.18 bits per heavy atom. The number of nitrogens with zero attached hydrogens (tertiary/aromatic N) is 3. The van der Waals surface area contributed by atoms with Gasteiger partial charge in [0.25, 0.3) is 5.91 Å². The third-order valence-corrected chi connectivity index (χ3v) is 6.16. The van der Waals surface area contributed by atoms with Crippen LogP contribution in [0.5, 0.6) is 0 Å². The van der Waals surface area contributed by atoms with E-state index in [0.29, 0.717) is 22.7 Å². The van der Waals surface area contributed by atoms with Crippen LogP contribution in [0.3, 0.4) is 0 Å². The first-order valence-electron chi connectivity index (χ1n) is 11.0. The molecule has 34 heavy (non-hydrogen) atoms. The van der Waals surface area contributed by atoms with Crippen LogP contribution in [0, 0.1) is 0 Å². The van der Waals surface area contributed by atoms with E-state index in [0.717, 1.165) is 5.56 Å². The lowest BCUT2D eigenvalue weighted by Crippen LogP contribution is -2.47. The molecule has 0 unspecified atom stereocenters. The van der Waals surface area contributed by atoms with Crippen LogP contribution in [-0.4, -0.2) is 32.6 Å². The molecular weight excluding hydrogens is 444 g/mol. The van der Waals surface area contributed by atoms with Crippen LogP contribution < -0.4 is 11.5 Å². The Balaban J connectivity index is 1.44. The molecule has 1 aromatic carbocycles. The number of aromatic nitrogens is 3. The molecule has 1 saturated carbocycles. The summed E-state index contributed by atoms with van der Waals surface area (Å²) < 4.78 is 33.3. The molecule has 1 amide bonds. The van der Waals surface area contributed by atoms with Crippen molar-refractivity contribution in [2.75, 3.05) is 5.73 Å². The minimum Gasteiger partial charge on any atom is -0.383 e. The monoisotopic (exact) mass is 471 g/mol. The van der Waals surface area contributed by atoms with E-state index in [1.807, 2.05) is 13.8 Å². The van der Waals surface area contributed by atoms with Gasteiger partial charge in [0, 0.05) is 42.3 Å². The molecule has 2 aromatic heterocycles. The molecule has 0 aliphatic heterocycles. The number of carbonyl (C=O) groups is 2. The minimum absolute atomic E-state index is 0.0162. The molecule has 8 nitrogen and oxygen atoms in total. The number of anilines is 1. The summed E-state index contributed by atoms with van der Waals surface area (Å²) in [6.45, 7) is 5.51. The molecule has 0 spiro atoms. The van der Waals surface area contributed by atoms with Crippen LogP contribution in [0.2, 0.25) is 0 Å². The lowest BCUT2D eigenvalue weighted by molar-refractivity contribution is -0.122. The normalized spacial score (nSPS) is 16.4. The van der Waals surface area contributed by atoms with Gasteiger partial charge in [-0.25, -0.2) is 13.5 Å². The number of halogens is 2. The highest BCUT2D eigenvalue weighted by Crippen LogP contribution is 2.52. The van der Waals surface area contributed by atoms with Gasteiger partial charge in [0.15, 0.2) is 0 Å². The van der Waals surface area contributed by atoms with Crippen LogP contribution >= 0.6 is 0 Å². The molecule has 0 saturated heterocycles. The lowest BCUT2D eigenvalue weighted by atomic mass is 9.65. The Bertz CT molecular complexity index is 1240. The smallest absolute Gasteiger partial charge is 0.254 e. The summed E-state index contributed by atoms with van der Waals surface area (Å²) in [6.07, 6.45) is -0.380. The number of amides is 1. The van der Waals surface area contributed by atoms with E-state index in [2.05, 4.69) is 10.3 Å². The average molecular weight is 472 g/mol. The fourth-order valence-corrected chi connectivity index (χ4v) is 4.50. The number of benzene rings is 1. The van der Waals surface area contributed by atoms with Gasteiger partial charge in [-0.05, 0) is 19.4 Å². The van der Waals surface area contributed by atoms with Gasteiger partial charge in [0.05, 0.1) is 12.1 Å². The van der Waals surface area contributed by atoms with Crippen molar-refractivity contribution in [3.05, 3.63) is 52.9 Å². The maximum absolute atomic E-state index is 13.3. The van der Waals surface area contributed by atoms with Crippen molar-refractivity contribution in [3.63, 3.8) is 0 Å². The molecule has 0 atom stereocenters. The maximum atomic E-state index is 13.3. The molecule has 0 radical (unpaired) electrons. The SMILES string of the molecule is CC(C)n1nc(-c2ccc(CC(=O)Cc3cc(C4(C)CC(F)(F)C4)no3)cc2)c(C(N)=O)c1N. The molecule has 1 aliphatic rings. The molecule has 1 aliphatic carbocycles. The fourth-order valence-electron chi connectivity index (χ4n) is 4.50. The van der Waals surface area contributed by atoms with E-state index in [1.165, 1.54) is 0 Å². The molecule has 3 aromatic rings. The summed E-state index contributed by atoms with van der Waals surface area (Å²) in [4.78, 5) is 24.5. The Morgan fingerprint density at radius 3 is 2.38 bits per heavy atom. The van der Waals surface area contributed by atoms with E-state index >= 15 is 0 Å². The first kappa shape index (κ1) is 23.6. The van der Waals surface area contributed by atoms with Gasteiger partial charge < -0.3 is 16.0 Å². The van der Waals surface area contributed by atoms with E-state index in [-0.39, 0.29) is 48.9 Å². The number of nitrogen functional groups attached to an aromatic ring is 1. The van der Waals surface area contributed by atoms with E-state index < -0.39 is 17.2 Å². The topological polar surface area (TPSA) is 130 Å². The van der Waals surface area contributed by atoms with Gasteiger partial charge in [-0.3, -0.25) is 9.59 Å². The van der Waals surface area contributed by atoms with Crippen molar-refractivity contribution in [3.8, 4) is 11.3 Å². The molecule has 2 heterocycles. The number of nitrogens with two attached hydrogens (primary N) is 2. The van der Waals surface area contributed by atoms with Crippen LogP contribution in [0.25, 0.3) is 11.3 Å². The fraction of sp³-hybridized carbons (Fsp3) is 0.417. The zero-order valence-corrected chi connectivity index (χ0v) is 19.3. The Morgan fingerprint density at radius 2 is 1.82 bits per heavy atom. The lowest BCUT2D eigenvalue weighted by Gasteiger charge is -2.43. The standard InChI is InChI=1S/C24H27F2N5O3/c1-13(2)31-21(27)19(22(28)33)20(29-31)15-6-4-14(5-7-15)8-16(32)9-17-10-18(30-34-17)23(3)11-24(25,26)12-23/h4-7,10,13H,8-9,11-12,27H2,1-3H3,(H2,28,33). The average Bonchev–Trinajstić information content (AvgIpc) is 3.31. The number of hydrogen-bond acceptors (Lipinski definition) is 6. The first-order valence-corrected chi connectivity index (χ1v) is 11.0. The summed E-state index contributed by atoms with van der Waals surface area (Å²) in [5.74, 6) is -2.88. The van der Waals surface area contributed by atoms with Gasteiger partial charge in [0.2, 0.25) is 5.92 Å². The van der Waals surface area contributed by atoms with Crippen molar-refractivity contribution in [1.82, 2.24) is 14.9 Å². The van der Waals surface area contributed by atoms with Crippen LogP contribution in [0.1, 0.15) is 67.0 Å². The van der Waals surface area contributed by atoms with Crippen molar-refractivity contribution < 1.29 is 22.9 Å². The predicted octanol–water partition coefficient (Wildman–Crippen LogP) is 3.84. The van der Waals surface area contributed by atoms with Crippen LogP contribution in [0.15, 0.2) is 34.9 Å². The second-order valence-electron chi connectivity index (χ2n) is 9.55. The van der Waals surface area contributed by atoms with Crippen molar-refractivity contribution in [2.45, 2.75) is 63.8 Å². The second-order valence-corrected chi connectivity index (χ2v) is 9.55. The van der Waals surface area contributed by atoms with E-state index in [4.69, 9.17) is 16.0 Å². The number of primary amides is 1. The maximum Gasteiger partial charge on any atom is 0.254 e. The van der Waals surface area contributed by atoms with Crippen molar-refractivity contribution in [1.29, 1.82) is 0 Å². The van der Waals surface area contributed by atoms with E-state index in [9.17, 15) is 18.4 Å². The first-order chi connectivity index (χ1) is 15.9. The molecule has 4 rings (SSSR count). The van der Waals surface area contributed by atoms with Crippen molar-refractivity contribution >= 4 is 17.5 Å². The van der Waals surface area contributed by atoms with E-state index in [1.54, 1.807) is 41.9 Å². The predicted molar refractivity (Wildman–Crippen MR) is 121 cm³/mol. The van der Waals surface area contributed by atoms with Gasteiger partial charge in [-0.15, -0.1) is 0 Å². The van der Waals surface area contributed by atoms with Gasteiger partial charge in [-0.1, -0.05) is 36.3 Å². The highest BCUT2D eigenvalue weighted by molar-refractivity contribution is 6.03. The Labute approximate surface area is 195 Å². The highest BCUT2D eigenvalue weighted by atomic mass is 19.3. The number of alkyl halides is 2. The van der Waals surface area contributed by atoms with Crippen LogP contribution in [0.4, 0.5) is 14.6 Å². The zero-order valence-electron chi connectivity index (χ0n) is 19.3. The Hall–Kier alpha value is -3.56. The summed E-state index contributed by atoms with van der Waals surface area (Å²) in [5, 5.41) is 8.35. The molecule has 10 heteroatoms. The third kappa shape index (κ3) is 4.44. The summed E-state index contributed by atoms with van der Waals surface area (Å²) in [7, 11) is 0. The number of Topliss-reactive ketones (excluding diaryl/α,β-unsaturated/α-hetero) is 1. The van der Waals surface area contributed by atoms with Crippen molar-refractivity contribution in [2.24, 2.45) is 5.73 Å². The molecule has 180 valence electrons. The number of ketones is 1. The van der Waals surface area contributed by atoms with Crippen LogP contribution in [-0.2, 0) is 23.1 Å². The number of rotatable bonds is 8. The highest BCUT2D eigenvalue weighted by Gasteiger charge is 2.55. The second kappa shape index (κ2) is 8.34. The molecule has 0 bridgehead atoms. The van der Waals surface area contributed by atoms with Gasteiger partial charge >= 0.3 is 0 Å². The Kier molecular flexibility index (Phi) is 5.79. The van der Waals surface area contributed by atoms with Gasteiger partial charge in [-0.2, -0.15) is 5.10 Å². The number of hydrogen-bond donors (Lipinski definition) is 2. The summed E-state index contributed by atoms with van der Waals surface area (Å²) >= 11 is 0. The number of carbonyl (C=O) groups excluding carboxylic acids is 2. The molecule has 4 N–H and O–H groups in total. The van der Waals surface area contributed by atoms with Gasteiger partial charge in [0.1, 0.15) is 28.6 Å². The minimum atomic E-state index is -2.67. The zero-order chi connectivity index (χ0) is 24.8. The summed E-state index contributed by atoms with van der Waals surface area (Å²) in [5.41, 5.74) is 13.3. The summed E-state index contributed by atoms with van der Waals surface area (Å²) in [6, 6.07) is 8.59. The largest absolute Gasteiger partial charge is 0.383 e. The third-order valence-electron chi connectivity index (χ3n) is 6.16. The molecule has 1 fully saturated rings.